The van der Waals surface area contributed by atoms with Gasteiger partial charge >= 0.3 is 0 Å². The third kappa shape index (κ3) is 3.15. The minimum Gasteiger partial charge on any atom is -0.391 e. The van der Waals surface area contributed by atoms with Crippen LogP contribution < -0.4 is 11.1 Å². The zero-order valence-electron chi connectivity index (χ0n) is 12.0. The number of aliphatic hydroxyl groups excluding tert-OH is 1. The number of nitrogens with two attached hydrogens (primary N) is 1. The van der Waals surface area contributed by atoms with Gasteiger partial charge in [-0.15, -0.1) is 0 Å². The third-order valence-corrected chi connectivity index (χ3v) is 3.99. The van der Waals surface area contributed by atoms with Gasteiger partial charge in [-0.25, -0.2) is 0 Å². The summed E-state index contributed by atoms with van der Waals surface area (Å²) in [5, 5.41) is 16.2. The Morgan fingerprint density at radius 2 is 2.14 bits per heavy atom. The lowest BCUT2D eigenvalue weighted by molar-refractivity contribution is -0.125. The van der Waals surface area contributed by atoms with Crippen LogP contribution >= 0.6 is 0 Å². The number of aromatic nitrogens is 2. The van der Waals surface area contributed by atoms with E-state index in [1.807, 2.05) is 24.3 Å². The summed E-state index contributed by atoms with van der Waals surface area (Å²) in [4.78, 5) is 16.0. The highest BCUT2D eigenvalue weighted by Crippen LogP contribution is 2.25. The Morgan fingerprint density at radius 3 is 2.73 bits per heavy atom. The molecule has 1 aliphatic carbocycles. The van der Waals surface area contributed by atoms with E-state index >= 15 is 0 Å². The molecule has 116 valence electrons. The number of hydrogen-bond donors (Lipinski definition) is 3. The first-order chi connectivity index (χ1) is 10.6. The average Bonchev–Trinajstić information content (AvgIpc) is 3.16. The second kappa shape index (κ2) is 6.25. The van der Waals surface area contributed by atoms with Crippen molar-refractivity contribution in [2.75, 3.05) is 0 Å². The number of nitrogens with one attached hydrogen (secondary N) is 1. The molecule has 3 rings (SSSR count). The molecule has 1 aliphatic rings. The van der Waals surface area contributed by atoms with E-state index in [0.717, 1.165) is 11.1 Å². The van der Waals surface area contributed by atoms with Gasteiger partial charge in [0.1, 0.15) is 0 Å². The van der Waals surface area contributed by atoms with Crippen LogP contribution in [0.5, 0.6) is 0 Å². The van der Waals surface area contributed by atoms with Crippen LogP contribution in [-0.4, -0.2) is 33.3 Å². The molecule has 1 aromatic carbocycles. The Bertz CT molecular complexity index is 617. The maximum Gasteiger partial charge on any atom is 0.223 e. The highest BCUT2D eigenvalue weighted by Gasteiger charge is 2.34. The highest BCUT2D eigenvalue weighted by molar-refractivity contribution is 5.79. The maximum atomic E-state index is 12.1. The van der Waals surface area contributed by atoms with E-state index in [0.29, 0.717) is 25.2 Å². The summed E-state index contributed by atoms with van der Waals surface area (Å²) in [6.07, 6.45) is 1.67. The molecule has 1 fully saturated rings. The number of carbonyl (C=O) groups is 1. The van der Waals surface area contributed by atoms with Crippen molar-refractivity contribution in [1.29, 1.82) is 0 Å². The smallest absolute Gasteiger partial charge is 0.223 e. The van der Waals surface area contributed by atoms with Gasteiger partial charge in [0.2, 0.25) is 18.1 Å². The van der Waals surface area contributed by atoms with Gasteiger partial charge in [-0.2, -0.15) is 4.98 Å². The first-order valence-corrected chi connectivity index (χ1v) is 7.20. The van der Waals surface area contributed by atoms with E-state index in [9.17, 15) is 9.90 Å². The van der Waals surface area contributed by atoms with Gasteiger partial charge < -0.3 is 20.7 Å². The van der Waals surface area contributed by atoms with E-state index < -0.39 is 6.10 Å². The summed E-state index contributed by atoms with van der Waals surface area (Å²) >= 11 is 0. The fourth-order valence-electron chi connectivity index (χ4n) is 2.67. The molecule has 4 N–H and O–H groups in total. The molecule has 1 aromatic heterocycles. The van der Waals surface area contributed by atoms with E-state index in [-0.39, 0.29) is 17.9 Å². The number of carbonyl (C=O) groups excluding carboxylic acids is 1. The van der Waals surface area contributed by atoms with Crippen molar-refractivity contribution in [3.05, 3.63) is 36.2 Å². The highest BCUT2D eigenvalue weighted by atomic mass is 16.5. The van der Waals surface area contributed by atoms with Gasteiger partial charge in [0, 0.05) is 24.1 Å². The molecule has 2 aromatic rings. The third-order valence-electron chi connectivity index (χ3n) is 3.99. The van der Waals surface area contributed by atoms with Gasteiger partial charge in [-0.1, -0.05) is 29.4 Å². The molecule has 7 nitrogen and oxygen atoms in total. The minimum absolute atomic E-state index is 0.0609. The lowest BCUT2D eigenvalue weighted by Gasteiger charge is -2.10. The summed E-state index contributed by atoms with van der Waals surface area (Å²) in [7, 11) is 0. The van der Waals surface area contributed by atoms with Crippen molar-refractivity contribution in [3.8, 4) is 11.4 Å². The van der Waals surface area contributed by atoms with E-state index in [2.05, 4.69) is 15.5 Å². The van der Waals surface area contributed by atoms with Gasteiger partial charge in [0.15, 0.2) is 0 Å². The Balaban J connectivity index is 1.54. The molecule has 7 heteroatoms. The summed E-state index contributed by atoms with van der Waals surface area (Å²) in [6.45, 7) is 0.438. The Hall–Kier alpha value is -2.25. The zero-order valence-corrected chi connectivity index (χ0v) is 12.0. The fourth-order valence-corrected chi connectivity index (χ4v) is 2.67. The van der Waals surface area contributed by atoms with Crippen molar-refractivity contribution in [2.45, 2.75) is 31.5 Å². The Kier molecular flexibility index (Phi) is 4.17. The van der Waals surface area contributed by atoms with Crippen LogP contribution in [0, 0.1) is 5.92 Å². The number of benzene rings is 1. The van der Waals surface area contributed by atoms with Crippen molar-refractivity contribution >= 4 is 5.91 Å². The van der Waals surface area contributed by atoms with Crippen LogP contribution in [0.3, 0.4) is 0 Å². The fraction of sp³-hybridized carbons (Fsp3) is 0.400. The van der Waals surface area contributed by atoms with Crippen molar-refractivity contribution in [1.82, 2.24) is 15.5 Å². The molecule has 0 aliphatic heterocycles. The summed E-state index contributed by atoms with van der Waals surface area (Å²) < 4.78 is 4.70. The monoisotopic (exact) mass is 302 g/mol. The SMILES string of the molecule is N[C@@H]1C[C@H](C(=O)NCc2ccc(-c3ncon3)cc2)C[C@H]1O. The number of rotatable bonds is 4. The summed E-state index contributed by atoms with van der Waals surface area (Å²) in [5.41, 5.74) is 7.56. The van der Waals surface area contributed by atoms with Crippen molar-refractivity contribution in [3.63, 3.8) is 0 Å². The zero-order chi connectivity index (χ0) is 15.5. The molecular weight excluding hydrogens is 284 g/mol. The number of aliphatic hydroxyl groups is 1. The van der Waals surface area contributed by atoms with Crippen LogP contribution in [0.1, 0.15) is 18.4 Å². The minimum atomic E-state index is -0.579. The molecule has 1 amide bonds. The van der Waals surface area contributed by atoms with Gasteiger partial charge in [0.05, 0.1) is 6.10 Å². The second-order valence-electron chi connectivity index (χ2n) is 5.57. The molecule has 0 bridgehead atoms. The van der Waals surface area contributed by atoms with Crippen molar-refractivity contribution < 1.29 is 14.4 Å². The van der Waals surface area contributed by atoms with Crippen LogP contribution in [0.15, 0.2) is 35.2 Å². The quantitative estimate of drug-likeness (QED) is 0.755. The Labute approximate surface area is 127 Å². The van der Waals surface area contributed by atoms with Gasteiger partial charge in [-0.3, -0.25) is 4.79 Å². The lowest BCUT2D eigenvalue weighted by Crippen LogP contribution is -2.30. The molecule has 22 heavy (non-hydrogen) atoms. The van der Waals surface area contributed by atoms with Gasteiger partial charge in [-0.05, 0) is 18.4 Å². The predicted molar refractivity (Wildman–Crippen MR) is 78.3 cm³/mol. The van der Waals surface area contributed by atoms with E-state index in [1.54, 1.807) is 0 Å². The molecule has 1 saturated carbocycles. The van der Waals surface area contributed by atoms with Gasteiger partial charge in [0.25, 0.3) is 0 Å². The lowest BCUT2D eigenvalue weighted by atomic mass is 10.1. The summed E-state index contributed by atoms with van der Waals surface area (Å²) in [5.74, 6) is 0.266. The van der Waals surface area contributed by atoms with Crippen LogP contribution in [0.2, 0.25) is 0 Å². The largest absolute Gasteiger partial charge is 0.391 e. The molecule has 0 saturated heterocycles. The number of hydrogen-bond acceptors (Lipinski definition) is 6. The van der Waals surface area contributed by atoms with Crippen LogP contribution in [-0.2, 0) is 11.3 Å². The standard InChI is InChI=1S/C15H18N4O3/c16-12-5-11(6-13(12)20)15(21)17-7-9-1-3-10(4-2-9)14-18-8-22-19-14/h1-4,8,11-13,20H,5-7,16H2,(H,17,21)/t11-,12+,13+/m0/s1. The number of amides is 1. The molecule has 0 unspecified atom stereocenters. The van der Waals surface area contributed by atoms with Crippen LogP contribution in [0.4, 0.5) is 0 Å². The maximum absolute atomic E-state index is 12.1. The summed E-state index contributed by atoms with van der Waals surface area (Å²) in [6, 6.07) is 7.26. The molecule has 3 atom stereocenters. The average molecular weight is 302 g/mol. The first-order valence-electron chi connectivity index (χ1n) is 7.20. The predicted octanol–water partition coefficient (Wildman–Crippen LogP) is 0.451. The molecule has 1 heterocycles. The molecule has 0 spiro atoms. The normalized spacial score (nSPS) is 24.4. The molecular formula is C15H18N4O3. The van der Waals surface area contributed by atoms with E-state index in [1.165, 1.54) is 6.39 Å². The van der Waals surface area contributed by atoms with Crippen LogP contribution in [0.25, 0.3) is 11.4 Å². The Morgan fingerprint density at radius 1 is 1.36 bits per heavy atom. The topological polar surface area (TPSA) is 114 Å². The second-order valence-corrected chi connectivity index (χ2v) is 5.57. The molecule has 0 radical (unpaired) electrons. The van der Waals surface area contributed by atoms with Crippen molar-refractivity contribution in [2.24, 2.45) is 11.7 Å². The number of nitrogens with zero attached hydrogens (tertiary/aromatic N) is 2. The van der Waals surface area contributed by atoms with E-state index in [4.69, 9.17) is 10.3 Å². The first kappa shape index (κ1) is 14.7.